The highest BCUT2D eigenvalue weighted by molar-refractivity contribution is 5.90. The first-order chi connectivity index (χ1) is 15.7. The van der Waals surface area contributed by atoms with Crippen LogP contribution in [0.5, 0.6) is 5.75 Å². The number of rotatable bonds is 5. The monoisotopic (exact) mass is 430 g/mol. The first-order valence-corrected chi connectivity index (χ1v) is 9.92. The Morgan fingerprint density at radius 2 is 1.91 bits per heavy atom. The number of aromatic nitrogens is 4. The number of carbonyl (C=O) groups excluding carboxylic acids is 2. The highest BCUT2D eigenvalue weighted by atomic mass is 16.6. The fourth-order valence-corrected chi connectivity index (χ4v) is 3.40. The second-order valence-electron chi connectivity index (χ2n) is 7.06. The van der Waals surface area contributed by atoms with Gasteiger partial charge in [-0.25, -0.2) is 14.6 Å². The number of ether oxygens (including phenoxy) is 2. The number of nitrogens with zero attached hydrogens (tertiary/aromatic N) is 5. The van der Waals surface area contributed by atoms with Gasteiger partial charge in [0.1, 0.15) is 11.9 Å². The van der Waals surface area contributed by atoms with Gasteiger partial charge in [0.25, 0.3) is 5.78 Å². The molecule has 0 saturated carbocycles. The van der Waals surface area contributed by atoms with Crippen LogP contribution in [0.25, 0.3) is 17.2 Å². The van der Waals surface area contributed by atoms with E-state index in [-0.39, 0.29) is 6.54 Å². The minimum absolute atomic E-state index is 0.144. The number of anilines is 1. The molecule has 32 heavy (non-hydrogen) atoms. The average molecular weight is 430 g/mol. The topological polar surface area (TPSA) is 111 Å². The van der Waals surface area contributed by atoms with Gasteiger partial charge in [0.15, 0.2) is 5.82 Å². The van der Waals surface area contributed by atoms with Crippen LogP contribution in [0.1, 0.15) is 0 Å². The van der Waals surface area contributed by atoms with Crippen molar-refractivity contribution in [2.24, 2.45) is 0 Å². The van der Waals surface area contributed by atoms with Crippen LogP contribution >= 0.6 is 0 Å². The maximum absolute atomic E-state index is 12.3. The summed E-state index contributed by atoms with van der Waals surface area (Å²) in [5.41, 5.74) is 1.52. The van der Waals surface area contributed by atoms with Crippen molar-refractivity contribution in [2.45, 2.75) is 6.10 Å². The Morgan fingerprint density at radius 3 is 2.72 bits per heavy atom. The molecule has 0 radical (unpaired) electrons. The number of nitrogens with one attached hydrogen (secondary N) is 1. The minimum atomic E-state index is -0.606. The highest BCUT2D eigenvalue weighted by Crippen LogP contribution is 2.25. The molecule has 1 atom stereocenters. The third-order valence-corrected chi connectivity index (χ3v) is 4.93. The maximum Gasteiger partial charge on any atom is 0.414 e. The molecule has 0 aliphatic carbocycles. The van der Waals surface area contributed by atoms with Crippen molar-refractivity contribution < 1.29 is 19.1 Å². The molecule has 0 spiro atoms. The first kappa shape index (κ1) is 19.5. The molecule has 0 bridgehead atoms. The zero-order valence-corrected chi connectivity index (χ0v) is 16.8. The molecule has 0 unspecified atom stereocenters. The molecule has 10 nitrogen and oxygen atoms in total. The van der Waals surface area contributed by atoms with Crippen molar-refractivity contribution in [1.82, 2.24) is 24.9 Å². The predicted molar refractivity (Wildman–Crippen MR) is 114 cm³/mol. The Balaban J connectivity index is 1.21. The molecule has 1 fully saturated rings. The highest BCUT2D eigenvalue weighted by Gasteiger charge is 2.32. The van der Waals surface area contributed by atoms with Gasteiger partial charge in [-0.1, -0.05) is 18.2 Å². The lowest BCUT2D eigenvalue weighted by Gasteiger charge is -2.13. The quantitative estimate of drug-likeness (QED) is 0.518. The maximum atomic E-state index is 12.3. The van der Waals surface area contributed by atoms with Crippen molar-refractivity contribution in [3.63, 3.8) is 0 Å². The van der Waals surface area contributed by atoms with E-state index < -0.39 is 18.3 Å². The molecule has 4 aromatic rings. The SMILES string of the molecule is O=C(NC[C@H]1CN(c2ccc(-c3nnc4ncccn34)cc2)C(=O)O1)Oc1ccccc1. The van der Waals surface area contributed by atoms with Crippen molar-refractivity contribution in [2.75, 3.05) is 18.0 Å². The molecule has 2 amide bonds. The summed E-state index contributed by atoms with van der Waals surface area (Å²) in [4.78, 5) is 30.0. The van der Waals surface area contributed by atoms with Gasteiger partial charge in [-0.15, -0.1) is 10.2 Å². The lowest BCUT2D eigenvalue weighted by molar-refractivity contribution is 0.137. The largest absolute Gasteiger partial charge is 0.442 e. The zero-order chi connectivity index (χ0) is 21.9. The van der Waals surface area contributed by atoms with Gasteiger partial charge >= 0.3 is 12.2 Å². The number of fused-ring (bicyclic) bond motifs is 1. The second-order valence-corrected chi connectivity index (χ2v) is 7.06. The van der Waals surface area contributed by atoms with Crippen LogP contribution < -0.4 is 15.0 Å². The number of para-hydroxylation sites is 1. The average Bonchev–Trinajstić information content (AvgIpc) is 3.42. The molecule has 1 N–H and O–H groups in total. The zero-order valence-electron chi connectivity index (χ0n) is 16.8. The Hall–Kier alpha value is -4.47. The number of cyclic esters (lactones) is 1. The van der Waals surface area contributed by atoms with Gasteiger partial charge in [0.05, 0.1) is 13.1 Å². The fraction of sp³-hybridized carbons (Fsp3) is 0.136. The van der Waals surface area contributed by atoms with Crippen LogP contribution in [0.2, 0.25) is 0 Å². The fourth-order valence-electron chi connectivity index (χ4n) is 3.40. The van der Waals surface area contributed by atoms with Crippen LogP contribution in [0, 0.1) is 0 Å². The lowest BCUT2D eigenvalue weighted by Crippen LogP contribution is -2.36. The smallest absolute Gasteiger partial charge is 0.414 e. The van der Waals surface area contributed by atoms with Gasteiger partial charge in [-0.3, -0.25) is 9.30 Å². The van der Waals surface area contributed by atoms with Crippen LogP contribution in [-0.2, 0) is 4.74 Å². The molecule has 10 heteroatoms. The lowest BCUT2D eigenvalue weighted by atomic mass is 10.2. The van der Waals surface area contributed by atoms with E-state index in [2.05, 4.69) is 20.5 Å². The summed E-state index contributed by atoms with van der Waals surface area (Å²) in [6.45, 7) is 0.451. The van der Waals surface area contributed by atoms with Gasteiger partial charge in [0, 0.05) is 23.6 Å². The standard InChI is InChI=1S/C22H18N6O4/c29-21(31-17-5-2-1-3-6-17)24-13-18-14-28(22(30)32-18)16-9-7-15(8-10-16)19-25-26-20-23-11-4-12-27(19)20/h1-12,18H,13-14H2,(H,24,29)/t18-/m0/s1. The molecule has 5 rings (SSSR count). The minimum Gasteiger partial charge on any atom is -0.442 e. The number of carbonyl (C=O) groups is 2. The van der Waals surface area contributed by atoms with E-state index in [1.807, 2.05) is 36.5 Å². The van der Waals surface area contributed by atoms with Crippen molar-refractivity contribution in [3.8, 4) is 17.1 Å². The van der Waals surface area contributed by atoms with Gasteiger partial charge in [-0.2, -0.15) is 0 Å². The number of hydrogen-bond donors (Lipinski definition) is 1. The second kappa shape index (κ2) is 8.34. The van der Waals surface area contributed by atoms with E-state index in [4.69, 9.17) is 9.47 Å². The molecule has 160 valence electrons. The molecule has 1 aliphatic heterocycles. The van der Waals surface area contributed by atoms with E-state index in [0.29, 0.717) is 29.6 Å². The van der Waals surface area contributed by atoms with Crippen LogP contribution in [-0.4, -0.2) is 51.0 Å². The Labute approximate surface area is 182 Å². The first-order valence-electron chi connectivity index (χ1n) is 9.92. The molecular weight excluding hydrogens is 412 g/mol. The van der Waals surface area contributed by atoms with Crippen LogP contribution in [0.3, 0.4) is 0 Å². The number of amides is 2. The predicted octanol–water partition coefficient (Wildman–Crippen LogP) is 2.91. The summed E-state index contributed by atoms with van der Waals surface area (Å²) in [7, 11) is 0. The van der Waals surface area contributed by atoms with E-state index in [9.17, 15) is 9.59 Å². The van der Waals surface area contributed by atoms with Gasteiger partial charge in [-0.05, 0) is 42.5 Å². The summed E-state index contributed by atoms with van der Waals surface area (Å²) in [6.07, 6.45) is 1.92. The van der Waals surface area contributed by atoms with Crippen LogP contribution in [0.15, 0.2) is 73.1 Å². The van der Waals surface area contributed by atoms with E-state index in [1.54, 1.807) is 40.9 Å². The molecule has 1 aliphatic rings. The third kappa shape index (κ3) is 3.93. The molecule has 1 saturated heterocycles. The number of benzene rings is 2. The molecular formula is C22H18N6O4. The summed E-state index contributed by atoms with van der Waals surface area (Å²) >= 11 is 0. The summed E-state index contributed by atoms with van der Waals surface area (Å²) < 4.78 is 12.3. The van der Waals surface area contributed by atoms with Gasteiger partial charge in [0.2, 0.25) is 0 Å². The van der Waals surface area contributed by atoms with Crippen LogP contribution in [0.4, 0.5) is 15.3 Å². The van der Waals surface area contributed by atoms with Crippen molar-refractivity contribution in [1.29, 1.82) is 0 Å². The van der Waals surface area contributed by atoms with E-state index in [0.717, 1.165) is 5.56 Å². The normalized spacial score (nSPS) is 15.6. The molecule has 3 heterocycles. The molecule has 2 aromatic carbocycles. The number of hydrogen-bond acceptors (Lipinski definition) is 7. The Morgan fingerprint density at radius 1 is 1.09 bits per heavy atom. The van der Waals surface area contributed by atoms with E-state index in [1.165, 1.54) is 4.90 Å². The van der Waals surface area contributed by atoms with Crippen molar-refractivity contribution >= 4 is 23.7 Å². The summed E-state index contributed by atoms with van der Waals surface area (Å²) in [6, 6.07) is 17.9. The van der Waals surface area contributed by atoms with Crippen molar-refractivity contribution in [3.05, 3.63) is 73.1 Å². The summed E-state index contributed by atoms with van der Waals surface area (Å²) in [5.74, 6) is 1.60. The molecule has 2 aromatic heterocycles. The van der Waals surface area contributed by atoms with E-state index >= 15 is 0 Å². The summed E-state index contributed by atoms with van der Waals surface area (Å²) in [5, 5.41) is 10.9. The third-order valence-electron chi connectivity index (χ3n) is 4.93. The Kier molecular flexibility index (Phi) is 5.08. The van der Waals surface area contributed by atoms with Gasteiger partial charge < -0.3 is 14.8 Å². The Bertz CT molecular complexity index is 1260.